The molecule has 1 aromatic carbocycles. The third-order valence-corrected chi connectivity index (χ3v) is 2.23. The molecule has 0 aliphatic rings. The summed E-state index contributed by atoms with van der Waals surface area (Å²) in [6.07, 6.45) is 3.27. The van der Waals surface area contributed by atoms with Gasteiger partial charge in [0.1, 0.15) is 0 Å². The van der Waals surface area contributed by atoms with Crippen LogP contribution in [0, 0.1) is 10.1 Å². The van der Waals surface area contributed by atoms with Crippen LogP contribution in [0.5, 0.6) is 0 Å². The molecule has 0 fully saturated rings. The number of carboxylic acid groups (broad SMARTS) is 1. The zero-order valence-electron chi connectivity index (χ0n) is 8.09. The molecule has 84 valence electrons. The number of aromatic carboxylic acids is 1. The highest BCUT2D eigenvalue weighted by Crippen LogP contribution is 2.21. The Morgan fingerprint density at radius 2 is 2.25 bits per heavy atom. The van der Waals surface area contributed by atoms with Crippen LogP contribution in [0.2, 0.25) is 0 Å². The Labute approximate surface area is 99.7 Å². The molecule has 6 heteroatoms. The van der Waals surface area contributed by atoms with E-state index >= 15 is 0 Å². The van der Waals surface area contributed by atoms with Crippen molar-refractivity contribution in [3.8, 4) is 0 Å². The molecule has 0 saturated heterocycles. The molecule has 16 heavy (non-hydrogen) atoms. The Hall–Kier alpha value is -1.69. The van der Waals surface area contributed by atoms with Gasteiger partial charge in [-0.1, -0.05) is 28.1 Å². The molecule has 0 bridgehead atoms. The first-order chi connectivity index (χ1) is 7.56. The van der Waals surface area contributed by atoms with Gasteiger partial charge in [-0.15, -0.1) is 0 Å². The number of allylic oxidation sites excluding steroid dienone is 1. The summed E-state index contributed by atoms with van der Waals surface area (Å²) >= 11 is 3.16. The third kappa shape index (κ3) is 2.90. The van der Waals surface area contributed by atoms with Gasteiger partial charge in [0.05, 0.1) is 16.1 Å². The third-order valence-electron chi connectivity index (χ3n) is 1.86. The number of nitro benzene ring substituents is 1. The van der Waals surface area contributed by atoms with Crippen molar-refractivity contribution in [1.82, 2.24) is 0 Å². The molecule has 5 nitrogen and oxygen atoms in total. The summed E-state index contributed by atoms with van der Waals surface area (Å²) in [7, 11) is 0. The molecule has 0 amide bonds. The molecular weight excluding hydrogens is 278 g/mol. The molecule has 0 aromatic heterocycles. The molecule has 0 unspecified atom stereocenters. The van der Waals surface area contributed by atoms with Gasteiger partial charge in [-0.3, -0.25) is 10.1 Å². The minimum atomic E-state index is -1.18. The summed E-state index contributed by atoms with van der Waals surface area (Å²) in [6, 6.07) is 3.81. The maximum Gasteiger partial charge on any atom is 0.335 e. The summed E-state index contributed by atoms with van der Waals surface area (Å²) < 4.78 is 0. The monoisotopic (exact) mass is 285 g/mol. The van der Waals surface area contributed by atoms with E-state index in [1.54, 1.807) is 12.2 Å². The standard InChI is InChI=1S/C10H8BrNO4/c11-5-1-2-7-3-4-8(10(13)14)6-9(7)12(15)16/h1-4,6H,5H2,(H,13,14). The van der Waals surface area contributed by atoms with Crippen LogP contribution in [0.3, 0.4) is 0 Å². The highest BCUT2D eigenvalue weighted by atomic mass is 79.9. The number of carbonyl (C=O) groups is 1. The van der Waals surface area contributed by atoms with Crippen molar-refractivity contribution in [3.63, 3.8) is 0 Å². The number of alkyl halides is 1. The van der Waals surface area contributed by atoms with Gasteiger partial charge in [0, 0.05) is 11.4 Å². The maximum absolute atomic E-state index is 10.7. The summed E-state index contributed by atoms with van der Waals surface area (Å²) in [4.78, 5) is 20.8. The summed E-state index contributed by atoms with van der Waals surface area (Å²) in [6.45, 7) is 0. The van der Waals surface area contributed by atoms with E-state index in [1.807, 2.05) is 0 Å². The van der Waals surface area contributed by atoms with Crippen LogP contribution < -0.4 is 0 Å². The average Bonchev–Trinajstić information content (AvgIpc) is 2.25. The van der Waals surface area contributed by atoms with E-state index in [0.29, 0.717) is 10.9 Å². The average molecular weight is 286 g/mol. The summed E-state index contributed by atoms with van der Waals surface area (Å²) in [5.41, 5.74) is 0.0780. The van der Waals surface area contributed by atoms with Crippen molar-refractivity contribution >= 4 is 33.7 Å². The number of halogens is 1. The lowest BCUT2D eigenvalue weighted by atomic mass is 10.1. The van der Waals surface area contributed by atoms with Gasteiger partial charge in [-0.2, -0.15) is 0 Å². The van der Waals surface area contributed by atoms with Crippen molar-refractivity contribution in [3.05, 3.63) is 45.5 Å². The molecule has 0 spiro atoms. The molecule has 1 aromatic rings. The largest absolute Gasteiger partial charge is 0.478 e. The van der Waals surface area contributed by atoms with Crippen LogP contribution in [0.25, 0.3) is 6.08 Å². The number of hydrogen-bond acceptors (Lipinski definition) is 3. The van der Waals surface area contributed by atoms with E-state index in [0.717, 1.165) is 6.07 Å². The molecule has 0 heterocycles. The van der Waals surface area contributed by atoms with E-state index in [2.05, 4.69) is 15.9 Å². The Morgan fingerprint density at radius 1 is 1.56 bits per heavy atom. The zero-order chi connectivity index (χ0) is 12.1. The molecule has 0 saturated carbocycles. The highest BCUT2D eigenvalue weighted by Gasteiger charge is 2.15. The fraction of sp³-hybridized carbons (Fsp3) is 0.100. The molecule has 0 aliphatic carbocycles. The maximum atomic E-state index is 10.7. The first kappa shape index (κ1) is 12.4. The Balaban J connectivity index is 3.24. The molecule has 0 radical (unpaired) electrons. The van der Waals surface area contributed by atoms with Gasteiger partial charge >= 0.3 is 5.97 Å². The number of nitro groups is 1. The number of hydrogen-bond donors (Lipinski definition) is 1. The highest BCUT2D eigenvalue weighted by molar-refractivity contribution is 9.09. The number of nitrogens with zero attached hydrogens (tertiary/aromatic N) is 1. The van der Waals surface area contributed by atoms with E-state index in [1.165, 1.54) is 12.1 Å². The summed E-state index contributed by atoms with van der Waals surface area (Å²) in [5, 5.41) is 20.0. The lowest BCUT2D eigenvalue weighted by Crippen LogP contribution is -1.99. The second-order valence-electron chi connectivity index (χ2n) is 2.89. The van der Waals surface area contributed by atoms with E-state index in [9.17, 15) is 14.9 Å². The van der Waals surface area contributed by atoms with Crippen LogP contribution in [-0.2, 0) is 0 Å². The van der Waals surface area contributed by atoms with Crippen molar-refractivity contribution < 1.29 is 14.8 Å². The fourth-order valence-corrected chi connectivity index (χ4v) is 1.33. The van der Waals surface area contributed by atoms with Gasteiger partial charge in [-0.05, 0) is 12.1 Å². The van der Waals surface area contributed by atoms with Crippen molar-refractivity contribution in [2.45, 2.75) is 0 Å². The van der Waals surface area contributed by atoms with Crippen LogP contribution in [-0.4, -0.2) is 21.3 Å². The van der Waals surface area contributed by atoms with Crippen LogP contribution >= 0.6 is 15.9 Å². The Morgan fingerprint density at radius 3 is 2.75 bits per heavy atom. The number of carboxylic acids is 1. The molecule has 0 aliphatic heterocycles. The quantitative estimate of drug-likeness (QED) is 0.524. The van der Waals surface area contributed by atoms with Crippen LogP contribution in [0.4, 0.5) is 5.69 Å². The second kappa shape index (κ2) is 5.41. The Bertz CT molecular complexity index is 456. The molecule has 1 rings (SSSR count). The van der Waals surface area contributed by atoms with Gasteiger partial charge in [-0.25, -0.2) is 4.79 Å². The van der Waals surface area contributed by atoms with Crippen molar-refractivity contribution in [2.75, 3.05) is 5.33 Å². The number of rotatable bonds is 4. The van der Waals surface area contributed by atoms with Gasteiger partial charge in [0.15, 0.2) is 0 Å². The van der Waals surface area contributed by atoms with Crippen LogP contribution in [0.1, 0.15) is 15.9 Å². The van der Waals surface area contributed by atoms with E-state index in [4.69, 9.17) is 5.11 Å². The normalized spacial score (nSPS) is 10.6. The predicted octanol–water partition coefficient (Wildman–Crippen LogP) is 2.70. The number of benzene rings is 1. The molecule has 1 N–H and O–H groups in total. The van der Waals surface area contributed by atoms with Crippen LogP contribution in [0.15, 0.2) is 24.3 Å². The fourth-order valence-electron chi connectivity index (χ4n) is 1.15. The van der Waals surface area contributed by atoms with Crippen molar-refractivity contribution in [1.29, 1.82) is 0 Å². The lowest BCUT2D eigenvalue weighted by molar-refractivity contribution is -0.385. The van der Waals surface area contributed by atoms with Gasteiger partial charge in [0.25, 0.3) is 5.69 Å². The minimum absolute atomic E-state index is 0.0947. The van der Waals surface area contributed by atoms with Crippen molar-refractivity contribution in [2.24, 2.45) is 0 Å². The first-order valence-corrected chi connectivity index (χ1v) is 5.42. The smallest absolute Gasteiger partial charge is 0.335 e. The minimum Gasteiger partial charge on any atom is -0.478 e. The van der Waals surface area contributed by atoms with E-state index < -0.39 is 10.9 Å². The SMILES string of the molecule is O=C(O)c1ccc(C=CCBr)c([N+](=O)[O-])c1. The Kier molecular flexibility index (Phi) is 4.19. The zero-order valence-corrected chi connectivity index (χ0v) is 9.68. The summed E-state index contributed by atoms with van der Waals surface area (Å²) in [5.74, 6) is -1.18. The topological polar surface area (TPSA) is 80.4 Å². The van der Waals surface area contributed by atoms with E-state index in [-0.39, 0.29) is 11.3 Å². The predicted molar refractivity (Wildman–Crippen MR) is 62.9 cm³/mol. The first-order valence-electron chi connectivity index (χ1n) is 4.30. The second-order valence-corrected chi connectivity index (χ2v) is 3.54. The van der Waals surface area contributed by atoms with Gasteiger partial charge < -0.3 is 5.11 Å². The van der Waals surface area contributed by atoms with Gasteiger partial charge in [0.2, 0.25) is 0 Å². The molecule has 0 atom stereocenters. The lowest BCUT2D eigenvalue weighted by Gasteiger charge is -1.99. The molecular formula is C10H8BrNO4.